The molecular formula is C13H18AuNOS3. The minimum atomic E-state index is 0. The van der Waals surface area contributed by atoms with E-state index >= 15 is 0 Å². The van der Waals surface area contributed by atoms with Gasteiger partial charge in [0.2, 0.25) is 5.91 Å². The van der Waals surface area contributed by atoms with Crippen LogP contribution in [-0.2, 0) is 39.8 Å². The molecule has 0 heterocycles. The Hall–Kier alpha value is 0.480. The van der Waals surface area contributed by atoms with Crippen molar-refractivity contribution in [2.75, 3.05) is 23.6 Å². The van der Waals surface area contributed by atoms with Crippen molar-refractivity contribution in [2.24, 2.45) is 0 Å². The van der Waals surface area contributed by atoms with E-state index in [9.17, 15) is 4.79 Å². The number of carbonyl (C=O) groups excluding carboxylic acids is 1. The molecule has 1 rings (SSSR count). The predicted molar refractivity (Wildman–Crippen MR) is 86.3 cm³/mol. The first-order valence-electron chi connectivity index (χ1n) is 5.74. The molecule has 1 unspecified atom stereocenters. The number of hydrogen-bond acceptors (Lipinski definition) is 4. The Morgan fingerprint density at radius 1 is 1.32 bits per heavy atom. The van der Waals surface area contributed by atoms with E-state index in [1.165, 1.54) is 0 Å². The van der Waals surface area contributed by atoms with Gasteiger partial charge in [-0.3, -0.25) is 4.79 Å². The molecule has 0 aromatic heterocycles. The van der Waals surface area contributed by atoms with Crippen LogP contribution in [0.5, 0.6) is 0 Å². The fourth-order valence-electron chi connectivity index (χ4n) is 1.46. The molecule has 0 saturated heterocycles. The van der Waals surface area contributed by atoms with Crippen molar-refractivity contribution in [2.45, 2.75) is 17.4 Å². The Kier molecular flexibility index (Phi) is 11.5. The molecule has 1 amide bonds. The summed E-state index contributed by atoms with van der Waals surface area (Å²) in [6.07, 6.45) is 5.55. The van der Waals surface area contributed by atoms with Crippen LogP contribution in [0.4, 0.5) is 5.69 Å². The van der Waals surface area contributed by atoms with Crippen LogP contribution in [0.2, 0.25) is 0 Å². The largest absolute Gasteiger partial charge is 1.00 e. The summed E-state index contributed by atoms with van der Waals surface area (Å²) in [5.74, 6) is 1.11. The van der Waals surface area contributed by atoms with Gasteiger partial charge in [0.15, 0.2) is 0 Å². The second kappa shape index (κ2) is 11.2. The summed E-state index contributed by atoms with van der Waals surface area (Å²) in [6.45, 7) is 0. The number of benzene rings is 1. The van der Waals surface area contributed by atoms with E-state index in [1.807, 2.05) is 36.8 Å². The molecule has 0 radical (unpaired) electrons. The average molecular weight is 497 g/mol. The molecule has 0 bridgehead atoms. The van der Waals surface area contributed by atoms with Crippen molar-refractivity contribution in [1.82, 2.24) is 0 Å². The van der Waals surface area contributed by atoms with E-state index in [4.69, 9.17) is 12.6 Å². The minimum Gasteiger partial charge on any atom is -0.774 e. The summed E-state index contributed by atoms with van der Waals surface area (Å²) in [7, 11) is 0. The normalized spacial score (nSPS) is 11.5. The average Bonchev–Trinajstić information content (AvgIpc) is 2.39. The molecule has 1 atom stereocenters. The van der Waals surface area contributed by atoms with E-state index in [-0.39, 0.29) is 32.9 Å². The number of nitrogens with one attached hydrogen (secondary N) is 1. The molecule has 2 nitrogen and oxygen atoms in total. The fourth-order valence-corrected chi connectivity index (χ4v) is 2.48. The molecule has 0 aliphatic heterocycles. The van der Waals surface area contributed by atoms with Crippen molar-refractivity contribution < 1.29 is 27.2 Å². The van der Waals surface area contributed by atoms with Gasteiger partial charge in [0.1, 0.15) is 0 Å². The number of hydrogen-bond donors (Lipinski definition) is 1. The van der Waals surface area contributed by atoms with Crippen LogP contribution >= 0.6 is 23.5 Å². The molecule has 19 heavy (non-hydrogen) atoms. The number of rotatable bonds is 7. The second-order valence-corrected chi connectivity index (χ2v) is 6.53. The maximum Gasteiger partial charge on any atom is 1.00 e. The molecule has 1 N–H and O–H groups in total. The molecule has 0 saturated carbocycles. The van der Waals surface area contributed by atoms with E-state index in [0.717, 1.165) is 23.4 Å². The standard InChI is InChI=1S/C13H19NOS3.Au/c1-17-9-3-4-12(15)14-11-7-5-10(6-8-11)13(16)18-2;/h5-8,13,16H,3-4,9H2,1-2H3,(H,14,15);/q;+1/p-1. The number of carbonyl (C=O) groups is 1. The van der Waals surface area contributed by atoms with Gasteiger partial charge >= 0.3 is 22.4 Å². The Morgan fingerprint density at radius 3 is 2.47 bits per heavy atom. The smallest absolute Gasteiger partial charge is 0.774 e. The number of anilines is 1. The molecule has 6 heteroatoms. The third-order valence-electron chi connectivity index (χ3n) is 2.43. The third-order valence-corrected chi connectivity index (χ3v) is 4.68. The SMILES string of the molecule is CSCCCC(=O)Nc1ccc(C([S-])SC)cc1.[Au+]. The summed E-state index contributed by atoms with van der Waals surface area (Å²) in [5, 5.41) is 2.90. The van der Waals surface area contributed by atoms with Gasteiger partial charge in [-0.1, -0.05) is 22.3 Å². The van der Waals surface area contributed by atoms with E-state index < -0.39 is 0 Å². The summed E-state index contributed by atoms with van der Waals surface area (Å²) < 4.78 is 0.0799. The maximum atomic E-state index is 11.6. The third kappa shape index (κ3) is 7.73. The zero-order valence-corrected chi connectivity index (χ0v) is 15.6. The van der Waals surface area contributed by atoms with Crippen molar-refractivity contribution in [3.63, 3.8) is 0 Å². The van der Waals surface area contributed by atoms with Crippen molar-refractivity contribution in [3.05, 3.63) is 29.8 Å². The molecule has 0 aliphatic carbocycles. The molecule has 0 fully saturated rings. The van der Waals surface area contributed by atoms with Crippen molar-refractivity contribution >= 4 is 47.7 Å². The fraction of sp³-hybridized carbons (Fsp3) is 0.462. The summed E-state index contributed by atoms with van der Waals surface area (Å²) in [6, 6.07) is 7.78. The van der Waals surface area contributed by atoms with Crippen LogP contribution in [0, 0.1) is 0 Å². The Balaban J connectivity index is 0.00000324. The monoisotopic (exact) mass is 497 g/mol. The summed E-state index contributed by atoms with van der Waals surface area (Å²) in [5.41, 5.74) is 1.95. The molecule has 1 aromatic rings. The van der Waals surface area contributed by atoms with Gasteiger partial charge in [0, 0.05) is 12.1 Å². The van der Waals surface area contributed by atoms with Crippen molar-refractivity contribution in [1.29, 1.82) is 0 Å². The van der Waals surface area contributed by atoms with Gasteiger partial charge in [-0.25, -0.2) is 0 Å². The Morgan fingerprint density at radius 2 is 1.95 bits per heavy atom. The van der Waals surface area contributed by atoms with E-state index in [1.54, 1.807) is 23.5 Å². The maximum absolute atomic E-state index is 11.6. The summed E-state index contributed by atoms with van der Waals surface area (Å²) in [4.78, 5) is 11.6. The van der Waals surface area contributed by atoms with Crippen molar-refractivity contribution in [3.8, 4) is 0 Å². The molecule has 0 aliphatic rings. The zero-order valence-electron chi connectivity index (χ0n) is 10.9. The second-order valence-electron chi connectivity index (χ2n) is 3.83. The minimum absolute atomic E-state index is 0. The van der Waals surface area contributed by atoms with Crippen LogP contribution in [0.1, 0.15) is 23.0 Å². The molecule has 1 aromatic carbocycles. The van der Waals surface area contributed by atoms with Gasteiger partial charge < -0.3 is 17.9 Å². The number of thioether (sulfide) groups is 2. The molecule has 0 spiro atoms. The van der Waals surface area contributed by atoms with Gasteiger partial charge in [-0.2, -0.15) is 23.5 Å². The zero-order chi connectivity index (χ0) is 13.4. The first-order valence-corrected chi connectivity index (χ1v) is 8.90. The summed E-state index contributed by atoms with van der Waals surface area (Å²) >= 11 is 8.68. The van der Waals surface area contributed by atoms with E-state index in [0.29, 0.717) is 6.42 Å². The molecular weight excluding hydrogens is 479 g/mol. The first kappa shape index (κ1) is 19.5. The molecule has 110 valence electrons. The quantitative estimate of drug-likeness (QED) is 0.354. The predicted octanol–water partition coefficient (Wildman–Crippen LogP) is 3.67. The van der Waals surface area contributed by atoms with Crippen LogP contribution in [0.25, 0.3) is 0 Å². The van der Waals surface area contributed by atoms with E-state index in [2.05, 4.69) is 5.32 Å². The number of amides is 1. The van der Waals surface area contributed by atoms with Crippen LogP contribution in [0.15, 0.2) is 24.3 Å². The Labute approximate surface area is 145 Å². The van der Waals surface area contributed by atoms with Crippen LogP contribution in [-0.4, -0.2) is 24.2 Å². The van der Waals surface area contributed by atoms with Gasteiger partial charge in [0.05, 0.1) is 0 Å². The van der Waals surface area contributed by atoms with Gasteiger partial charge in [-0.15, -0.1) is 0 Å². The van der Waals surface area contributed by atoms with Crippen LogP contribution in [0.3, 0.4) is 0 Å². The van der Waals surface area contributed by atoms with Crippen LogP contribution < -0.4 is 5.32 Å². The van der Waals surface area contributed by atoms with Gasteiger partial charge in [-0.05, 0) is 36.8 Å². The Bertz CT molecular complexity index is 373. The van der Waals surface area contributed by atoms with Gasteiger partial charge in [0.25, 0.3) is 0 Å². The first-order chi connectivity index (χ1) is 8.67. The topological polar surface area (TPSA) is 29.1 Å².